The predicted molar refractivity (Wildman–Crippen MR) is 104 cm³/mol. The normalized spacial score (nSPS) is 11.0. The summed E-state index contributed by atoms with van der Waals surface area (Å²) in [6.45, 7) is 0.460. The molecular weight excluding hydrogens is 346 g/mol. The van der Waals surface area contributed by atoms with E-state index in [0.29, 0.717) is 6.54 Å². The average molecular weight is 363 g/mol. The van der Waals surface area contributed by atoms with Gasteiger partial charge in [0.15, 0.2) is 0 Å². The van der Waals surface area contributed by atoms with Gasteiger partial charge in [-0.25, -0.2) is 4.98 Å². The number of hydrogen-bond acceptors (Lipinski definition) is 5. The van der Waals surface area contributed by atoms with Crippen LogP contribution >= 0.6 is 11.3 Å². The zero-order valence-corrected chi connectivity index (χ0v) is 14.7. The van der Waals surface area contributed by atoms with Gasteiger partial charge in [0.25, 0.3) is 0 Å². The number of carbonyl (C=O) groups is 1. The number of aromatic nitrogens is 3. The molecular formula is C19H17N5OS. The highest BCUT2D eigenvalue weighted by atomic mass is 32.1. The number of hydrogen-bond donors (Lipinski definition) is 3. The highest BCUT2D eigenvalue weighted by Crippen LogP contribution is 2.27. The second kappa shape index (κ2) is 7.07. The number of thiazole rings is 1. The van der Waals surface area contributed by atoms with Crippen molar-refractivity contribution >= 4 is 33.8 Å². The fourth-order valence-corrected chi connectivity index (χ4v) is 3.68. The van der Waals surface area contributed by atoms with Crippen LogP contribution in [-0.2, 0) is 17.8 Å². The van der Waals surface area contributed by atoms with Crippen LogP contribution in [0, 0.1) is 0 Å². The zero-order chi connectivity index (χ0) is 17.9. The van der Waals surface area contributed by atoms with E-state index >= 15 is 0 Å². The van der Waals surface area contributed by atoms with Crippen molar-refractivity contribution in [2.45, 2.75) is 13.0 Å². The Labute approximate surface area is 154 Å². The minimum absolute atomic E-state index is 0.104. The first-order valence-corrected chi connectivity index (χ1v) is 9.06. The number of nitrogens with two attached hydrogens (primary N) is 1. The van der Waals surface area contributed by atoms with Gasteiger partial charge in [0.05, 0.1) is 23.8 Å². The molecule has 0 saturated heterocycles. The largest absolute Gasteiger partial charge is 0.326 e. The van der Waals surface area contributed by atoms with Gasteiger partial charge in [-0.05, 0) is 23.8 Å². The maximum Gasteiger partial charge on any atom is 0.230 e. The zero-order valence-electron chi connectivity index (χ0n) is 13.9. The van der Waals surface area contributed by atoms with Gasteiger partial charge < -0.3 is 11.1 Å². The van der Waals surface area contributed by atoms with Crippen molar-refractivity contribution in [3.05, 3.63) is 65.3 Å². The minimum atomic E-state index is -0.104. The number of carbonyl (C=O) groups excluding carboxylic acids is 1. The molecule has 0 aliphatic heterocycles. The smallest absolute Gasteiger partial charge is 0.230 e. The van der Waals surface area contributed by atoms with Gasteiger partial charge in [-0.2, -0.15) is 5.10 Å². The van der Waals surface area contributed by atoms with Crippen molar-refractivity contribution in [3.8, 4) is 10.6 Å². The quantitative estimate of drug-likeness (QED) is 0.507. The summed E-state index contributed by atoms with van der Waals surface area (Å²) in [7, 11) is 0. The lowest BCUT2D eigenvalue weighted by Crippen LogP contribution is -2.14. The van der Waals surface area contributed by atoms with Crippen molar-refractivity contribution in [1.29, 1.82) is 0 Å². The number of amides is 1. The molecule has 0 unspecified atom stereocenters. The Morgan fingerprint density at radius 1 is 1.23 bits per heavy atom. The van der Waals surface area contributed by atoms with Gasteiger partial charge in [-0.3, -0.25) is 9.89 Å². The number of benzene rings is 2. The number of rotatable bonds is 5. The first-order valence-electron chi connectivity index (χ1n) is 8.18. The van der Waals surface area contributed by atoms with E-state index < -0.39 is 0 Å². The van der Waals surface area contributed by atoms with Gasteiger partial charge in [-0.1, -0.05) is 24.3 Å². The molecule has 1 amide bonds. The van der Waals surface area contributed by atoms with E-state index in [-0.39, 0.29) is 12.3 Å². The minimum Gasteiger partial charge on any atom is -0.326 e. The first-order chi connectivity index (χ1) is 12.7. The number of nitrogens with zero attached hydrogens (tertiary/aromatic N) is 2. The molecule has 0 bridgehead atoms. The number of H-pyrrole nitrogens is 1. The number of nitrogens with one attached hydrogen (secondary N) is 2. The number of anilines is 1. The molecule has 4 rings (SSSR count). The van der Waals surface area contributed by atoms with Gasteiger partial charge >= 0.3 is 0 Å². The van der Waals surface area contributed by atoms with E-state index in [2.05, 4.69) is 20.5 Å². The molecule has 4 N–H and O–H groups in total. The molecule has 0 aliphatic rings. The summed E-state index contributed by atoms with van der Waals surface area (Å²) in [4.78, 5) is 16.9. The predicted octanol–water partition coefficient (Wildman–Crippen LogP) is 3.33. The Morgan fingerprint density at radius 2 is 2.12 bits per heavy atom. The fourth-order valence-electron chi connectivity index (χ4n) is 2.80. The van der Waals surface area contributed by atoms with Crippen LogP contribution in [0.25, 0.3) is 21.5 Å². The van der Waals surface area contributed by atoms with Crippen molar-refractivity contribution in [2.24, 2.45) is 5.73 Å². The van der Waals surface area contributed by atoms with Gasteiger partial charge in [0.2, 0.25) is 5.91 Å². The molecule has 26 heavy (non-hydrogen) atoms. The third kappa shape index (κ3) is 3.35. The Hall–Kier alpha value is -3.03. The van der Waals surface area contributed by atoms with Crippen LogP contribution in [0.4, 0.5) is 5.69 Å². The topological polar surface area (TPSA) is 96.7 Å². The molecule has 0 spiro atoms. The third-order valence-corrected chi connectivity index (χ3v) is 5.01. The Morgan fingerprint density at radius 3 is 3.00 bits per heavy atom. The lowest BCUT2D eigenvalue weighted by Gasteiger charge is -2.05. The summed E-state index contributed by atoms with van der Waals surface area (Å²) in [5.41, 5.74) is 10.2. The lowest BCUT2D eigenvalue weighted by molar-refractivity contribution is -0.115. The summed E-state index contributed by atoms with van der Waals surface area (Å²) in [6, 6.07) is 13.6. The summed E-state index contributed by atoms with van der Waals surface area (Å²) >= 11 is 1.52. The van der Waals surface area contributed by atoms with Crippen LogP contribution in [0.1, 0.15) is 11.3 Å². The van der Waals surface area contributed by atoms with Crippen LogP contribution in [0.2, 0.25) is 0 Å². The Balaban J connectivity index is 1.47. The van der Waals surface area contributed by atoms with E-state index in [1.54, 1.807) is 6.20 Å². The molecule has 0 aliphatic carbocycles. The van der Waals surface area contributed by atoms with Crippen LogP contribution in [0.15, 0.2) is 54.0 Å². The average Bonchev–Trinajstić information content (AvgIpc) is 3.30. The molecule has 6 nitrogen and oxygen atoms in total. The van der Waals surface area contributed by atoms with Crippen LogP contribution < -0.4 is 11.1 Å². The van der Waals surface area contributed by atoms with E-state index in [4.69, 9.17) is 5.73 Å². The maximum absolute atomic E-state index is 12.3. The molecule has 2 aromatic heterocycles. The van der Waals surface area contributed by atoms with Crippen LogP contribution in [0.3, 0.4) is 0 Å². The van der Waals surface area contributed by atoms with Crippen molar-refractivity contribution < 1.29 is 4.79 Å². The Kier molecular flexibility index (Phi) is 4.47. The van der Waals surface area contributed by atoms with Crippen LogP contribution in [0.5, 0.6) is 0 Å². The number of aromatic amines is 1. The molecule has 7 heteroatoms. The van der Waals surface area contributed by atoms with Gasteiger partial charge in [0.1, 0.15) is 5.01 Å². The number of fused-ring (bicyclic) bond motifs is 1. The van der Waals surface area contributed by atoms with Crippen LogP contribution in [-0.4, -0.2) is 21.1 Å². The molecule has 0 saturated carbocycles. The summed E-state index contributed by atoms with van der Waals surface area (Å²) in [6.07, 6.45) is 1.97. The second-order valence-corrected chi connectivity index (χ2v) is 6.76. The monoisotopic (exact) mass is 363 g/mol. The van der Waals surface area contributed by atoms with Gasteiger partial charge in [-0.15, -0.1) is 11.3 Å². The Bertz CT molecular complexity index is 1070. The molecule has 2 heterocycles. The highest BCUT2D eigenvalue weighted by Gasteiger charge is 2.11. The van der Waals surface area contributed by atoms with E-state index in [9.17, 15) is 4.79 Å². The van der Waals surface area contributed by atoms with E-state index in [1.165, 1.54) is 11.3 Å². The van der Waals surface area contributed by atoms with Crippen molar-refractivity contribution in [1.82, 2.24) is 15.2 Å². The van der Waals surface area contributed by atoms with E-state index in [0.717, 1.165) is 38.4 Å². The fraction of sp³-hybridized carbons (Fsp3) is 0.105. The molecule has 2 aromatic carbocycles. The maximum atomic E-state index is 12.3. The third-order valence-electron chi connectivity index (χ3n) is 4.09. The molecule has 0 atom stereocenters. The van der Waals surface area contributed by atoms with E-state index in [1.807, 2.05) is 47.8 Å². The lowest BCUT2D eigenvalue weighted by atomic mass is 10.1. The summed E-state index contributed by atoms with van der Waals surface area (Å²) in [5.74, 6) is -0.104. The SMILES string of the molecule is NCc1ccccc1-c1nc(CC(=O)Nc2ccc3cn[nH]c3c2)cs1. The standard InChI is InChI=1S/C19H17N5OS/c20-9-12-3-1-2-4-16(12)19-23-15(11-26-19)8-18(25)22-14-6-5-13-10-21-24-17(13)7-14/h1-7,10-11H,8-9,20H2,(H,21,24)(H,22,25). The van der Waals surface area contributed by atoms with Crippen molar-refractivity contribution in [2.75, 3.05) is 5.32 Å². The summed E-state index contributed by atoms with van der Waals surface area (Å²) < 4.78 is 0. The van der Waals surface area contributed by atoms with Crippen molar-refractivity contribution in [3.63, 3.8) is 0 Å². The first kappa shape index (κ1) is 16.4. The second-order valence-electron chi connectivity index (χ2n) is 5.90. The summed E-state index contributed by atoms with van der Waals surface area (Å²) in [5, 5.41) is 13.6. The molecule has 0 radical (unpaired) electrons. The molecule has 0 fully saturated rings. The highest BCUT2D eigenvalue weighted by molar-refractivity contribution is 7.13. The molecule has 130 valence electrons. The van der Waals surface area contributed by atoms with Gasteiger partial charge in [0, 0.05) is 28.6 Å². The molecule has 4 aromatic rings.